The van der Waals surface area contributed by atoms with Crippen LogP contribution in [0.15, 0.2) is 24.3 Å². The first-order valence-corrected chi connectivity index (χ1v) is 10.9. The largest absolute Gasteiger partial charge is 0.342 e. The van der Waals surface area contributed by atoms with E-state index in [-0.39, 0.29) is 11.7 Å². The molecule has 3 aliphatic heterocycles. The molecule has 1 aromatic carbocycles. The minimum atomic E-state index is -0.462. The molecule has 0 radical (unpaired) electrons. The molecule has 3 aliphatic rings. The van der Waals surface area contributed by atoms with Crippen LogP contribution in [0, 0.1) is 11.2 Å². The monoisotopic (exact) mass is 377 g/mol. The highest BCUT2D eigenvalue weighted by molar-refractivity contribution is 7.99. The average Bonchev–Trinajstić information content (AvgIpc) is 2.66. The average molecular weight is 378 g/mol. The number of hydrogen-bond acceptors (Lipinski definition) is 4. The lowest BCUT2D eigenvalue weighted by Gasteiger charge is -2.47. The minimum Gasteiger partial charge on any atom is -0.342 e. The van der Waals surface area contributed by atoms with Crippen molar-refractivity contribution in [1.82, 2.24) is 15.1 Å². The smallest absolute Gasteiger partial charge is 0.231 e. The predicted molar refractivity (Wildman–Crippen MR) is 104 cm³/mol. The van der Waals surface area contributed by atoms with Crippen molar-refractivity contribution in [3.05, 3.63) is 35.6 Å². The molecule has 26 heavy (non-hydrogen) atoms. The molecule has 142 valence electrons. The molecule has 3 fully saturated rings. The third-order valence-corrected chi connectivity index (χ3v) is 7.12. The van der Waals surface area contributed by atoms with E-state index < -0.39 is 5.41 Å². The van der Waals surface area contributed by atoms with Crippen molar-refractivity contribution in [2.24, 2.45) is 5.41 Å². The normalized spacial score (nSPS) is 24.3. The van der Waals surface area contributed by atoms with E-state index in [0.717, 1.165) is 25.9 Å². The zero-order valence-corrected chi connectivity index (χ0v) is 16.1. The van der Waals surface area contributed by atoms with E-state index in [4.69, 9.17) is 0 Å². The van der Waals surface area contributed by atoms with Gasteiger partial charge in [-0.3, -0.25) is 9.69 Å². The molecule has 1 aromatic rings. The second-order valence-corrected chi connectivity index (χ2v) is 9.05. The van der Waals surface area contributed by atoms with Crippen LogP contribution in [0.25, 0.3) is 0 Å². The van der Waals surface area contributed by atoms with Crippen molar-refractivity contribution < 1.29 is 9.18 Å². The highest BCUT2D eigenvalue weighted by atomic mass is 32.2. The maximum Gasteiger partial charge on any atom is 0.231 e. The predicted octanol–water partition coefficient (Wildman–Crippen LogP) is 2.00. The van der Waals surface area contributed by atoms with E-state index in [0.29, 0.717) is 31.1 Å². The van der Waals surface area contributed by atoms with E-state index in [1.165, 1.54) is 30.7 Å². The van der Waals surface area contributed by atoms with E-state index in [9.17, 15) is 9.18 Å². The molecule has 0 bridgehead atoms. The van der Waals surface area contributed by atoms with Gasteiger partial charge < -0.3 is 10.2 Å². The maximum atomic E-state index is 14.1. The lowest BCUT2D eigenvalue weighted by Crippen LogP contribution is -2.64. The number of nitrogens with one attached hydrogen (secondary N) is 1. The van der Waals surface area contributed by atoms with Crippen molar-refractivity contribution in [3.63, 3.8) is 0 Å². The van der Waals surface area contributed by atoms with Gasteiger partial charge in [-0.2, -0.15) is 11.8 Å². The molecule has 0 atom stereocenters. The quantitative estimate of drug-likeness (QED) is 0.871. The van der Waals surface area contributed by atoms with Crippen molar-refractivity contribution in [2.45, 2.75) is 25.3 Å². The molecular weight excluding hydrogens is 349 g/mol. The molecule has 3 heterocycles. The number of nitrogens with zero attached hydrogens (tertiary/aromatic N) is 2. The minimum absolute atomic E-state index is 0.201. The molecule has 0 aliphatic carbocycles. The highest BCUT2D eigenvalue weighted by Gasteiger charge is 2.47. The number of hydrogen-bond donors (Lipinski definition) is 1. The van der Waals surface area contributed by atoms with E-state index in [2.05, 4.69) is 10.2 Å². The fraction of sp³-hybridized carbons (Fsp3) is 0.650. The Kier molecular flexibility index (Phi) is 5.53. The van der Waals surface area contributed by atoms with Crippen LogP contribution in [0.5, 0.6) is 0 Å². The summed E-state index contributed by atoms with van der Waals surface area (Å²) in [6.45, 7) is 5.36. The third kappa shape index (κ3) is 3.64. The van der Waals surface area contributed by atoms with Gasteiger partial charge in [0.1, 0.15) is 5.82 Å². The summed E-state index contributed by atoms with van der Waals surface area (Å²) in [4.78, 5) is 17.9. The van der Waals surface area contributed by atoms with Gasteiger partial charge in [-0.1, -0.05) is 18.2 Å². The number of benzene rings is 1. The van der Waals surface area contributed by atoms with E-state index in [1.54, 1.807) is 6.07 Å². The van der Waals surface area contributed by atoms with Gasteiger partial charge in [0.2, 0.25) is 5.91 Å². The molecule has 0 spiro atoms. The fourth-order valence-electron chi connectivity index (χ4n) is 4.50. The first kappa shape index (κ1) is 18.3. The van der Waals surface area contributed by atoms with Crippen molar-refractivity contribution >= 4 is 17.7 Å². The zero-order chi connectivity index (χ0) is 18.0. The molecular formula is C20H28FN3OS. The summed E-state index contributed by atoms with van der Waals surface area (Å²) in [5, 5.41) is 3.24. The van der Waals surface area contributed by atoms with Gasteiger partial charge in [-0.15, -0.1) is 0 Å². The fourth-order valence-corrected chi connectivity index (χ4v) is 5.43. The summed E-state index contributed by atoms with van der Waals surface area (Å²) in [6, 6.07) is 7.48. The second kappa shape index (κ2) is 7.87. The van der Waals surface area contributed by atoms with Crippen LogP contribution in [0.4, 0.5) is 4.39 Å². The summed E-state index contributed by atoms with van der Waals surface area (Å²) in [6.07, 6.45) is 2.63. The highest BCUT2D eigenvalue weighted by Crippen LogP contribution is 2.33. The Balaban J connectivity index is 1.38. The van der Waals surface area contributed by atoms with Gasteiger partial charge in [-0.25, -0.2) is 4.39 Å². The van der Waals surface area contributed by atoms with Gasteiger partial charge in [0, 0.05) is 56.8 Å². The van der Waals surface area contributed by atoms with Crippen LogP contribution in [0.2, 0.25) is 0 Å². The summed E-state index contributed by atoms with van der Waals surface area (Å²) < 4.78 is 14.1. The number of piperidine rings is 1. The standard InChI is InChI=1S/C20H28FN3OS/c21-18-4-2-1-3-16(18)13-20(14-22-15-20)19(25)24-7-5-17(6-8-24)23-9-11-26-12-10-23/h1-4,17,22H,5-15H2. The number of carbonyl (C=O) groups is 1. The number of halogens is 1. The number of rotatable bonds is 4. The first-order chi connectivity index (χ1) is 12.7. The Labute approximate surface area is 159 Å². The lowest BCUT2D eigenvalue weighted by atomic mass is 9.74. The van der Waals surface area contributed by atoms with Crippen LogP contribution in [-0.2, 0) is 11.2 Å². The number of amides is 1. The van der Waals surface area contributed by atoms with Gasteiger partial charge in [-0.05, 0) is 30.9 Å². The Hall–Kier alpha value is -1.11. The molecule has 1 amide bonds. The van der Waals surface area contributed by atoms with Crippen LogP contribution < -0.4 is 5.32 Å². The summed E-state index contributed by atoms with van der Waals surface area (Å²) >= 11 is 2.04. The Morgan fingerprint density at radius 1 is 1.15 bits per heavy atom. The molecule has 0 unspecified atom stereocenters. The molecule has 4 rings (SSSR count). The van der Waals surface area contributed by atoms with Crippen molar-refractivity contribution in [1.29, 1.82) is 0 Å². The van der Waals surface area contributed by atoms with Gasteiger partial charge in [0.25, 0.3) is 0 Å². The van der Waals surface area contributed by atoms with Crippen molar-refractivity contribution in [3.8, 4) is 0 Å². The van der Waals surface area contributed by atoms with Gasteiger partial charge in [0.05, 0.1) is 5.41 Å². The molecule has 6 heteroatoms. The summed E-state index contributed by atoms with van der Waals surface area (Å²) in [5.41, 5.74) is 0.194. The van der Waals surface area contributed by atoms with Crippen LogP contribution in [-0.4, -0.2) is 72.5 Å². The first-order valence-electron chi connectivity index (χ1n) is 9.73. The summed E-state index contributed by atoms with van der Waals surface area (Å²) in [5.74, 6) is 2.48. The third-order valence-electron chi connectivity index (χ3n) is 6.18. The van der Waals surface area contributed by atoms with Crippen molar-refractivity contribution in [2.75, 3.05) is 50.8 Å². The Morgan fingerprint density at radius 3 is 2.46 bits per heavy atom. The molecule has 1 N–H and O–H groups in total. The molecule has 0 saturated carbocycles. The van der Waals surface area contributed by atoms with Crippen LogP contribution in [0.3, 0.4) is 0 Å². The lowest BCUT2D eigenvalue weighted by molar-refractivity contribution is -0.147. The van der Waals surface area contributed by atoms with E-state index in [1.807, 2.05) is 28.8 Å². The molecule has 4 nitrogen and oxygen atoms in total. The maximum absolute atomic E-state index is 14.1. The van der Waals surface area contributed by atoms with Gasteiger partial charge >= 0.3 is 0 Å². The number of likely N-dealkylation sites (tertiary alicyclic amines) is 1. The topological polar surface area (TPSA) is 35.6 Å². The number of carbonyl (C=O) groups excluding carboxylic acids is 1. The SMILES string of the molecule is O=C(N1CCC(N2CCSCC2)CC1)C1(Cc2ccccc2F)CNC1. The number of thioether (sulfide) groups is 1. The summed E-state index contributed by atoms with van der Waals surface area (Å²) in [7, 11) is 0. The van der Waals surface area contributed by atoms with Crippen LogP contribution in [0.1, 0.15) is 18.4 Å². The van der Waals surface area contributed by atoms with E-state index >= 15 is 0 Å². The van der Waals surface area contributed by atoms with Crippen LogP contribution >= 0.6 is 11.8 Å². The van der Waals surface area contributed by atoms with Gasteiger partial charge in [0.15, 0.2) is 0 Å². The second-order valence-electron chi connectivity index (χ2n) is 7.82. The zero-order valence-electron chi connectivity index (χ0n) is 15.3. The molecule has 3 saturated heterocycles. The Bertz CT molecular complexity index is 638. The molecule has 0 aromatic heterocycles. The Morgan fingerprint density at radius 2 is 1.85 bits per heavy atom.